The Bertz CT molecular complexity index is 449. The van der Waals surface area contributed by atoms with Gasteiger partial charge in [0, 0.05) is 38.1 Å². The van der Waals surface area contributed by atoms with Crippen LogP contribution < -0.4 is 10.6 Å². The van der Waals surface area contributed by atoms with E-state index in [9.17, 15) is 0 Å². The van der Waals surface area contributed by atoms with Crippen molar-refractivity contribution in [1.29, 1.82) is 0 Å². The Hall–Kier alpha value is -0.410. The Balaban J connectivity index is 0.00000484. The van der Waals surface area contributed by atoms with Gasteiger partial charge in [0.2, 0.25) is 0 Å². The number of aliphatic imine (C=N–C) groups is 1. The van der Waals surface area contributed by atoms with Gasteiger partial charge in [-0.25, -0.2) is 4.98 Å². The summed E-state index contributed by atoms with van der Waals surface area (Å²) >= 11 is 1.72. The predicted octanol–water partition coefficient (Wildman–Crippen LogP) is 3.61. The van der Waals surface area contributed by atoms with Crippen LogP contribution in [0.1, 0.15) is 50.7 Å². The molecule has 7 heteroatoms. The average molecular weight is 454 g/mol. The summed E-state index contributed by atoms with van der Waals surface area (Å²) in [5.74, 6) is 1.89. The lowest BCUT2D eigenvalue weighted by Crippen LogP contribution is -2.37. The molecule has 1 aromatic rings. The minimum Gasteiger partial charge on any atom is -0.381 e. The van der Waals surface area contributed by atoms with Crippen molar-refractivity contribution in [1.82, 2.24) is 15.6 Å². The molecule has 0 bridgehead atoms. The van der Waals surface area contributed by atoms with Crippen LogP contribution in [-0.2, 0) is 11.3 Å². The fourth-order valence-electron chi connectivity index (χ4n) is 1.76. The van der Waals surface area contributed by atoms with E-state index in [1.54, 1.807) is 18.4 Å². The lowest BCUT2D eigenvalue weighted by molar-refractivity contribution is 0.108. The molecule has 0 saturated carbocycles. The first-order valence-corrected chi connectivity index (χ1v) is 8.87. The lowest BCUT2D eigenvalue weighted by Gasteiger charge is -2.11. The molecule has 0 aliphatic heterocycles. The zero-order valence-corrected chi connectivity index (χ0v) is 18.0. The first kappa shape index (κ1) is 22.6. The molecule has 23 heavy (non-hydrogen) atoms. The Morgan fingerprint density at radius 1 is 1.30 bits per heavy atom. The fourth-order valence-corrected chi connectivity index (χ4v) is 2.60. The van der Waals surface area contributed by atoms with Gasteiger partial charge in [-0.3, -0.25) is 4.99 Å². The first-order valence-electron chi connectivity index (χ1n) is 7.99. The molecule has 0 unspecified atom stereocenters. The SMILES string of the molecule is CN=C(NCCCOCC(C)C)NCc1csc(C(C)C)n1.I. The molecular weight excluding hydrogens is 423 g/mol. The van der Waals surface area contributed by atoms with Gasteiger partial charge in [-0.15, -0.1) is 35.3 Å². The van der Waals surface area contributed by atoms with Crippen molar-refractivity contribution in [3.8, 4) is 0 Å². The Labute approximate surface area is 161 Å². The number of aromatic nitrogens is 1. The number of hydrogen-bond acceptors (Lipinski definition) is 4. The number of hydrogen-bond donors (Lipinski definition) is 2. The summed E-state index contributed by atoms with van der Waals surface area (Å²) in [6.07, 6.45) is 0.974. The Morgan fingerprint density at radius 2 is 2.04 bits per heavy atom. The zero-order valence-electron chi connectivity index (χ0n) is 14.9. The number of thiazole rings is 1. The summed E-state index contributed by atoms with van der Waals surface area (Å²) in [5.41, 5.74) is 1.07. The lowest BCUT2D eigenvalue weighted by atomic mass is 10.2. The molecule has 2 N–H and O–H groups in total. The summed E-state index contributed by atoms with van der Waals surface area (Å²) in [5, 5.41) is 9.87. The van der Waals surface area contributed by atoms with Crippen LogP contribution in [0.2, 0.25) is 0 Å². The van der Waals surface area contributed by atoms with Crippen LogP contribution in [0.5, 0.6) is 0 Å². The van der Waals surface area contributed by atoms with E-state index in [2.05, 4.69) is 53.7 Å². The quantitative estimate of drug-likeness (QED) is 0.259. The second kappa shape index (κ2) is 12.9. The molecule has 0 atom stereocenters. The van der Waals surface area contributed by atoms with E-state index in [4.69, 9.17) is 4.74 Å². The van der Waals surface area contributed by atoms with Gasteiger partial charge in [-0.1, -0.05) is 27.7 Å². The molecule has 5 nitrogen and oxygen atoms in total. The highest BCUT2D eigenvalue weighted by Crippen LogP contribution is 2.18. The molecule has 0 radical (unpaired) electrons. The molecule has 0 amide bonds. The van der Waals surface area contributed by atoms with Crippen molar-refractivity contribution in [2.75, 3.05) is 26.8 Å². The number of ether oxygens (including phenoxy) is 1. The van der Waals surface area contributed by atoms with Crippen molar-refractivity contribution in [2.45, 2.75) is 46.6 Å². The number of nitrogens with zero attached hydrogens (tertiary/aromatic N) is 2. The first-order chi connectivity index (χ1) is 10.5. The summed E-state index contributed by atoms with van der Waals surface area (Å²) in [4.78, 5) is 8.83. The number of guanidine groups is 1. The standard InChI is InChI=1S/C16H30N4OS.HI/c1-12(2)10-21-8-6-7-18-16(17-5)19-9-14-11-22-15(20-14)13(3)4;/h11-13H,6-10H2,1-5H3,(H2,17,18,19);1H. The van der Waals surface area contributed by atoms with E-state index in [1.165, 1.54) is 5.01 Å². The van der Waals surface area contributed by atoms with E-state index < -0.39 is 0 Å². The minimum absolute atomic E-state index is 0. The summed E-state index contributed by atoms with van der Waals surface area (Å²) in [7, 11) is 1.78. The molecule has 1 heterocycles. The smallest absolute Gasteiger partial charge is 0.191 e. The van der Waals surface area contributed by atoms with Crippen LogP contribution in [-0.4, -0.2) is 37.7 Å². The van der Waals surface area contributed by atoms with E-state index in [1.807, 2.05) is 0 Å². The van der Waals surface area contributed by atoms with Crippen LogP contribution in [0.3, 0.4) is 0 Å². The fraction of sp³-hybridized carbons (Fsp3) is 0.750. The highest BCUT2D eigenvalue weighted by molar-refractivity contribution is 14.0. The predicted molar refractivity (Wildman–Crippen MR) is 110 cm³/mol. The van der Waals surface area contributed by atoms with Gasteiger partial charge in [0.15, 0.2) is 5.96 Å². The van der Waals surface area contributed by atoms with Crippen LogP contribution in [0.15, 0.2) is 10.4 Å². The normalized spacial score (nSPS) is 11.7. The zero-order chi connectivity index (χ0) is 16.4. The second-order valence-electron chi connectivity index (χ2n) is 6.01. The second-order valence-corrected chi connectivity index (χ2v) is 6.90. The van der Waals surface area contributed by atoms with Crippen LogP contribution in [0, 0.1) is 5.92 Å². The molecule has 0 aromatic carbocycles. The van der Waals surface area contributed by atoms with Crippen LogP contribution in [0.4, 0.5) is 0 Å². The van der Waals surface area contributed by atoms with E-state index in [0.29, 0.717) is 18.4 Å². The molecule has 0 aliphatic carbocycles. The topological polar surface area (TPSA) is 58.5 Å². The molecule has 1 aromatic heterocycles. The number of nitrogens with one attached hydrogen (secondary N) is 2. The molecule has 1 rings (SSSR count). The summed E-state index contributed by atoms with van der Waals surface area (Å²) in [6, 6.07) is 0. The van der Waals surface area contributed by atoms with Gasteiger partial charge < -0.3 is 15.4 Å². The molecule has 0 spiro atoms. The molecule has 134 valence electrons. The van der Waals surface area contributed by atoms with Gasteiger partial charge in [-0.05, 0) is 12.3 Å². The third kappa shape index (κ3) is 10.1. The highest BCUT2D eigenvalue weighted by Gasteiger charge is 2.06. The van der Waals surface area contributed by atoms with Crippen molar-refractivity contribution in [3.05, 3.63) is 16.1 Å². The van der Waals surface area contributed by atoms with Crippen molar-refractivity contribution < 1.29 is 4.74 Å². The third-order valence-electron chi connectivity index (χ3n) is 2.93. The maximum absolute atomic E-state index is 5.56. The van der Waals surface area contributed by atoms with Gasteiger partial charge in [0.1, 0.15) is 0 Å². The van der Waals surface area contributed by atoms with Crippen molar-refractivity contribution in [2.24, 2.45) is 10.9 Å². The van der Waals surface area contributed by atoms with Crippen LogP contribution in [0.25, 0.3) is 0 Å². The number of halogens is 1. The van der Waals surface area contributed by atoms with E-state index >= 15 is 0 Å². The maximum atomic E-state index is 5.56. The molecular formula is C16H31IN4OS. The van der Waals surface area contributed by atoms with Gasteiger partial charge in [0.25, 0.3) is 0 Å². The Kier molecular flexibility index (Phi) is 12.7. The summed E-state index contributed by atoms with van der Waals surface area (Å²) < 4.78 is 5.56. The van der Waals surface area contributed by atoms with Gasteiger partial charge >= 0.3 is 0 Å². The van der Waals surface area contributed by atoms with Crippen molar-refractivity contribution in [3.63, 3.8) is 0 Å². The van der Waals surface area contributed by atoms with Gasteiger partial charge in [-0.2, -0.15) is 0 Å². The average Bonchev–Trinajstić information content (AvgIpc) is 2.94. The van der Waals surface area contributed by atoms with Crippen molar-refractivity contribution >= 4 is 41.3 Å². The number of rotatable bonds is 9. The third-order valence-corrected chi connectivity index (χ3v) is 4.13. The highest BCUT2D eigenvalue weighted by atomic mass is 127. The Morgan fingerprint density at radius 3 is 2.61 bits per heavy atom. The maximum Gasteiger partial charge on any atom is 0.191 e. The molecule has 0 saturated heterocycles. The minimum atomic E-state index is 0. The van der Waals surface area contributed by atoms with E-state index in [-0.39, 0.29) is 24.0 Å². The van der Waals surface area contributed by atoms with Gasteiger partial charge in [0.05, 0.1) is 17.2 Å². The summed E-state index contributed by atoms with van der Waals surface area (Å²) in [6.45, 7) is 11.8. The monoisotopic (exact) mass is 454 g/mol. The molecule has 0 fully saturated rings. The van der Waals surface area contributed by atoms with E-state index in [0.717, 1.165) is 37.8 Å². The largest absolute Gasteiger partial charge is 0.381 e. The van der Waals surface area contributed by atoms with Crippen LogP contribution >= 0.6 is 35.3 Å². The molecule has 0 aliphatic rings.